The Morgan fingerprint density at radius 2 is 1.80 bits per heavy atom. The Kier molecular flexibility index (Phi) is 7.45. The van der Waals surface area contributed by atoms with Crippen molar-refractivity contribution in [1.82, 2.24) is 5.12 Å². The number of ether oxygens (including phenoxy) is 1. The minimum absolute atomic E-state index is 0.0959. The molecule has 1 aliphatic heterocycles. The van der Waals surface area contributed by atoms with Crippen molar-refractivity contribution in [3.05, 3.63) is 38.3 Å². The van der Waals surface area contributed by atoms with Crippen LogP contribution in [-0.2, 0) is 10.9 Å². The first-order valence-electron chi connectivity index (χ1n) is 8.01. The van der Waals surface area contributed by atoms with E-state index in [9.17, 15) is 31.6 Å². The van der Waals surface area contributed by atoms with Crippen molar-refractivity contribution < 1.29 is 31.1 Å². The Hall–Kier alpha value is -1.81. The molecule has 5 nitrogen and oxygen atoms in total. The molecule has 0 aliphatic carbocycles. The Balaban J connectivity index is 2.73. The summed E-state index contributed by atoms with van der Waals surface area (Å²) >= 11 is 11.5. The van der Waals surface area contributed by atoms with E-state index >= 15 is 0 Å². The molecule has 0 spiro atoms. The highest BCUT2D eigenvalue weighted by Gasteiger charge is 2.47. The van der Waals surface area contributed by atoms with Gasteiger partial charge in [0.2, 0.25) is 0 Å². The average molecular weight is 493 g/mol. The van der Waals surface area contributed by atoms with E-state index in [1.165, 1.54) is 20.1 Å². The molecule has 1 heterocycles. The normalized spacial score (nSPS) is 18.0. The lowest BCUT2D eigenvalue weighted by molar-refractivity contribution is -0.137. The van der Waals surface area contributed by atoms with Gasteiger partial charge in [0.05, 0.1) is 20.5 Å². The zero-order valence-corrected chi connectivity index (χ0v) is 17.5. The van der Waals surface area contributed by atoms with Crippen molar-refractivity contribution in [1.29, 1.82) is 5.26 Å². The van der Waals surface area contributed by atoms with Gasteiger partial charge in [-0.05, 0) is 37.7 Å². The third kappa shape index (κ3) is 5.08. The lowest BCUT2D eigenvalue weighted by Crippen LogP contribution is -2.42. The van der Waals surface area contributed by atoms with Crippen molar-refractivity contribution in [2.45, 2.75) is 31.8 Å². The average Bonchev–Trinajstić information content (AvgIpc) is 2.85. The molecule has 2 rings (SSSR count). The quantitative estimate of drug-likeness (QED) is 0.351. The number of hydrogen-bond acceptors (Lipinski definition) is 6. The monoisotopic (exact) mass is 492 g/mol. The van der Waals surface area contributed by atoms with Gasteiger partial charge in [-0.15, -0.1) is 0 Å². The highest BCUT2D eigenvalue weighted by Crippen LogP contribution is 2.50. The predicted molar refractivity (Wildman–Crippen MR) is 102 cm³/mol. The summed E-state index contributed by atoms with van der Waals surface area (Å²) < 4.78 is 83.9. The molecule has 0 N–H and O–H groups in total. The maximum atomic E-state index is 13.1. The number of allylic oxidation sites excluding steroid dienone is 1. The molecule has 0 amide bonds. The van der Waals surface area contributed by atoms with Crippen LogP contribution in [0.25, 0.3) is 0 Å². The van der Waals surface area contributed by atoms with Crippen LogP contribution in [0.3, 0.4) is 0 Å². The summed E-state index contributed by atoms with van der Waals surface area (Å²) in [5.74, 6) is 0. The minimum atomic E-state index is -4.78. The molecule has 0 aromatic heterocycles. The molecular formula is C16H12Cl2F6N4OS. The molecule has 1 aromatic carbocycles. The number of hydrogen-bond donors (Lipinski definition) is 0. The Morgan fingerprint density at radius 3 is 2.20 bits per heavy atom. The van der Waals surface area contributed by atoms with E-state index < -0.39 is 55.9 Å². The van der Waals surface area contributed by atoms with Crippen molar-refractivity contribution in [3.63, 3.8) is 0 Å². The fourth-order valence-electron chi connectivity index (χ4n) is 2.54. The first-order valence-corrected chi connectivity index (χ1v) is 9.58. The van der Waals surface area contributed by atoms with Crippen molar-refractivity contribution in [3.8, 4) is 6.07 Å². The van der Waals surface area contributed by atoms with Gasteiger partial charge in [-0.2, -0.15) is 41.8 Å². The second-order valence-electron chi connectivity index (χ2n) is 5.47. The maximum Gasteiger partial charge on any atom is 0.446 e. The summed E-state index contributed by atoms with van der Waals surface area (Å²) in [5, 5.41) is 13.9. The molecular weight excluding hydrogens is 481 g/mol. The number of rotatable bonds is 5. The molecule has 1 atom stereocenters. The first kappa shape index (κ1) is 24.5. The van der Waals surface area contributed by atoms with E-state index in [-0.39, 0.29) is 12.3 Å². The van der Waals surface area contributed by atoms with E-state index in [2.05, 4.69) is 5.10 Å². The first-order chi connectivity index (χ1) is 13.9. The van der Waals surface area contributed by atoms with E-state index in [0.29, 0.717) is 12.1 Å². The third-order valence-electron chi connectivity index (χ3n) is 3.54. The Morgan fingerprint density at radius 1 is 1.23 bits per heavy atom. The summed E-state index contributed by atoms with van der Waals surface area (Å²) in [6, 6.07) is 2.76. The third-order valence-corrected chi connectivity index (χ3v) is 4.96. The van der Waals surface area contributed by atoms with E-state index in [4.69, 9.17) is 27.9 Å². The zero-order valence-electron chi connectivity index (χ0n) is 15.1. The molecule has 1 aliphatic rings. The summed E-state index contributed by atoms with van der Waals surface area (Å²) in [6.07, 6.45) is -5.16. The SMILES string of the molecule is CC=NN1C(C#N)=C(SC(F)(F)F)C(OCC)N1c1c(Cl)cc(C(F)(F)F)cc1Cl. The number of anilines is 1. The Labute approximate surface area is 181 Å². The van der Waals surface area contributed by atoms with Crippen LogP contribution in [0.15, 0.2) is 27.8 Å². The number of nitrogens with zero attached hydrogens (tertiary/aromatic N) is 4. The number of thioether (sulfide) groups is 1. The summed E-state index contributed by atoms with van der Waals surface area (Å²) in [4.78, 5) is -0.565. The minimum Gasteiger partial charge on any atom is -0.352 e. The lowest BCUT2D eigenvalue weighted by atomic mass is 10.2. The van der Waals surface area contributed by atoms with E-state index in [1.54, 1.807) is 6.07 Å². The highest BCUT2D eigenvalue weighted by atomic mass is 35.5. The van der Waals surface area contributed by atoms with Crippen molar-refractivity contribution in [2.75, 3.05) is 11.6 Å². The molecule has 0 saturated heterocycles. The van der Waals surface area contributed by atoms with Crippen LogP contribution in [0.1, 0.15) is 19.4 Å². The molecule has 1 aromatic rings. The second-order valence-corrected chi connectivity index (χ2v) is 7.40. The van der Waals surface area contributed by atoms with Crippen LogP contribution in [-0.4, -0.2) is 29.7 Å². The summed E-state index contributed by atoms with van der Waals surface area (Å²) in [7, 11) is 0. The van der Waals surface area contributed by atoms with Gasteiger partial charge in [-0.25, -0.2) is 5.01 Å². The van der Waals surface area contributed by atoms with Crippen LogP contribution < -0.4 is 5.01 Å². The number of nitriles is 1. The summed E-state index contributed by atoms with van der Waals surface area (Å²) in [6.45, 7) is 2.82. The summed E-state index contributed by atoms with van der Waals surface area (Å²) in [5.41, 5.74) is -6.78. The van der Waals surface area contributed by atoms with Crippen molar-refractivity contribution in [2.24, 2.45) is 5.10 Å². The fraction of sp³-hybridized carbons (Fsp3) is 0.375. The molecule has 0 saturated carbocycles. The molecule has 0 radical (unpaired) electrons. The van der Waals surface area contributed by atoms with Gasteiger partial charge in [0, 0.05) is 12.8 Å². The molecule has 14 heteroatoms. The van der Waals surface area contributed by atoms with E-state index in [0.717, 1.165) is 10.1 Å². The topological polar surface area (TPSA) is 51.9 Å². The lowest BCUT2D eigenvalue weighted by Gasteiger charge is -2.33. The van der Waals surface area contributed by atoms with Crippen LogP contribution in [0, 0.1) is 11.3 Å². The fourth-order valence-corrected chi connectivity index (χ4v) is 3.95. The van der Waals surface area contributed by atoms with Gasteiger partial charge in [-0.1, -0.05) is 23.2 Å². The largest absolute Gasteiger partial charge is 0.446 e. The van der Waals surface area contributed by atoms with E-state index in [1.807, 2.05) is 0 Å². The van der Waals surface area contributed by atoms with Crippen LogP contribution >= 0.6 is 35.0 Å². The second kappa shape index (κ2) is 9.13. The molecule has 0 fully saturated rings. The molecule has 0 bridgehead atoms. The van der Waals surface area contributed by atoms with Crippen LogP contribution in [0.4, 0.5) is 32.0 Å². The van der Waals surface area contributed by atoms with Crippen LogP contribution in [0.2, 0.25) is 10.0 Å². The number of halogens is 8. The standard InChI is InChI=1S/C16H12Cl2F6N4OS/c1-3-26-28-11(7-25)13(30-16(22,23)24)14(29-4-2)27(28)12-9(17)5-8(6-10(12)18)15(19,20)21/h3,5-6,14H,4H2,1-2H3. The number of alkyl halides is 6. The number of hydrazone groups is 1. The molecule has 164 valence electrons. The van der Waals surface area contributed by atoms with Gasteiger partial charge in [0.1, 0.15) is 11.8 Å². The highest BCUT2D eigenvalue weighted by molar-refractivity contribution is 8.04. The van der Waals surface area contributed by atoms with Gasteiger partial charge >= 0.3 is 11.7 Å². The number of benzene rings is 1. The zero-order chi connectivity index (χ0) is 22.9. The smallest absolute Gasteiger partial charge is 0.352 e. The number of hydrazine groups is 1. The molecule has 30 heavy (non-hydrogen) atoms. The van der Waals surface area contributed by atoms with Gasteiger partial charge in [0.25, 0.3) is 0 Å². The molecule has 1 unspecified atom stereocenters. The predicted octanol–water partition coefficient (Wildman–Crippen LogP) is 6.41. The van der Waals surface area contributed by atoms with Crippen LogP contribution in [0.5, 0.6) is 0 Å². The van der Waals surface area contributed by atoms with Gasteiger partial charge < -0.3 is 4.74 Å². The van der Waals surface area contributed by atoms with Gasteiger partial charge in [0.15, 0.2) is 11.9 Å². The van der Waals surface area contributed by atoms with Crippen molar-refractivity contribution >= 4 is 46.9 Å². The Bertz CT molecular complexity index is 889. The van der Waals surface area contributed by atoms with Gasteiger partial charge in [-0.3, -0.25) is 0 Å². The maximum absolute atomic E-state index is 13.1.